The monoisotopic (exact) mass is 294 g/mol. The molecule has 5 heteroatoms. The molecule has 1 aromatic rings. The van der Waals surface area contributed by atoms with Gasteiger partial charge >= 0.3 is 0 Å². The van der Waals surface area contributed by atoms with Gasteiger partial charge in [-0.1, -0.05) is 0 Å². The predicted octanol–water partition coefficient (Wildman–Crippen LogP) is 1.48. The standard InChI is InChI=1S/C15H22N2O2S/c1-15(19)5-2-6-16(11-15)10-14(18)17-7-3-13-12(9-17)4-8-20-13/h4,8,19H,2-3,5-7,9-11H2,1H3. The van der Waals surface area contributed by atoms with Crippen LogP contribution in [0.3, 0.4) is 0 Å². The minimum atomic E-state index is -0.638. The Hall–Kier alpha value is -0.910. The summed E-state index contributed by atoms with van der Waals surface area (Å²) in [4.78, 5) is 17.9. The lowest BCUT2D eigenvalue weighted by Crippen LogP contribution is -2.50. The topological polar surface area (TPSA) is 43.8 Å². The van der Waals surface area contributed by atoms with Crippen LogP contribution in [0.2, 0.25) is 0 Å². The summed E-state index contributed by atoms with van der Waals surface area (Å²) < 4.78 is 0. The maximum absolute atomic E-state index is 12.4. The molecule has 1 saturated heterocycles. The molecule has 2 aliphatic rings. The Morgan fingerprint density at radius 3 is 3.15 bits per heavy atom. The normalized spacial score (nSPS) is 27.4. The largest absolute Gasteiger partial charge is 0.389 e. The number of likely N-dealkylation sites (tertiary alicyclic amines) is 1. The average Bonchev–Trinajstić information content (AvgIpc) is 2.84. The molecule has 1 aromatic heterocycles. The number of amides is 1. The van der Waals surface area contributed by atoms with E-state index in [1.54, 1.807) is 11.3 Å². The lowest BCUT2D eigenvalue weighted by Gasteiger charge is -2.37. The van der Waals surface area contributed by atoms with Crippen molar-refractivity contribution in [1.82, 2.24) is 9.80 Å². The number of β-amino-alcohol motifs (C(OH)–C–C–N with tert-alkyl or cyclic N) is 1. The van der Waals surface area contributed by atoms with Gasteiger partial charge in [0.1, 0.15) is 0 Å². The first-order valence-corrected chi connectivity index (χ1v) is 8.19. The number of piperidine rings is 1. The maximum atomic E-state index is 12.4. The Bertz CT molecular complexity index is 498. The number of aliphatic hydroxyl groups is 1. The molecule has 1 fully saturated rings. The van der Waals surface area contributed by atoms with Gasteiger partial charge < -0.3 is 10.0 Å². The molecule has 1 N–H and O–H groups in total. The van der Waals surface area contributed by atoms with Crippen LogP contribution in [0.15, 0.2) is 11.4 Å². The lowest BCUT2D eigenvalue weighted by molar-refractivity contribution is -0.134. The summed E-state index contributed by atoms with van der Waals surface area (Å²) in [5, 5.41) is 12.2. The van der Waals surface area contributed by atoms with Crippen molar-refractivity contribution in [2.24, 2.45) is 0 Å². The van der Waals surface area contributed by atoms with E-state index in [0.29, 0.717) is 13.1 Å². The summed E-state index contributed by atoms with van der Waals surface area (Å²) >= 11 is 1.79. The zero-order valence-corrected chi connectivity index (χ0v) is 12.8. The molecule has 1 unspecified atom stereocenters. The van der Waals surface area contributed by atoms with Crippen molar-refractivity contribution in [2.75, 3.05) is 26.2 Å². The highest BCUT2D eigenvalue weighted by Gasteiger charge is 2.30. The summed E-state index contributed by atoms with van der Waals surface area (Å²) in [7, 11) is 0. The Morgan fingerprint density at radius 1 is 1.50 bits per heavy atom. The summed E-state index contributed by atoms with van der Waals surface area (Å²) in [6.07, 6.45) is 2.78. The van der Waals surface area contributed by atoms with Crippen molar-refractivity contribution in [1.29, 1.82) is 0 Å². The fraction of sp³-hybridized carbons (Fsp3) is 0.667. The second-order valence-electron chi connectivity index (χ2n) is 6.25. The lowest BCUT2D eigenvalue weighted by atomic mass is 9.95. The number of hydrogen-bond donors (Lipinski definition) is 1. The number of hydrogen-bond acceptors (Lipinski definition) is 4. The van der Waals surface area contributed by atoms with E-state index in [1.165, 1.54) is 10.4 Å². The summed E-state index contributed by atoms with van der Waals surface area (Å²) in [5.41, 5.74) is 0.668. The highest BCUT2D eigenvalue weighted by atomic mass is 32.1. The second-order valence-corrected chi connectivity index (χ2v) is 7.25. The van der Waals surface area contributed by atoms with Crippen molar-refractivity contribution in [2.45, 2.75) is 38.3 Å². The van der Waals surface area contributed by atoms with Crippen LogP contribution in [0.5, 0.6) is 0 Å². The molecule has 0 saturated carbocycles. The van der Waals surface area contributed by atoms with Gasteiger partial charge in [-0.05, 0) is 49.7 Å². The molecule has 1 amide bonds. The highest BCUT2D eigenvalue weighted by Crippen LogP contribution is 2.25. The molecular weight excluding hydrogens is 272 g/mol. The molecule has 0 radical (unpaired) electrons. The van der Waals surface area contributed by atoms with Gasteiger partial charge in [0, 0.05) is 24.5 Å². The summed E-state index contributed by atoms with van der Waals surface area (Å²) in [6, 6.07) is 2.13. The summed E-state index contributed by atoms with van der Waals surface area (Å²) in [5.74, 6) is 0.194. The van der Waals surface area contributed by atoms with E-state index in [1.807, 2.05) is 11.8 Å². The maximum Gasteiger partial charge on any atom is 0.237 e. The van der Waals surface area contributed by atoms with Crippen LogP contribution >= 0.6 is 11.3 Å². The van der Waals surface area contributed by atoms with Crippen molar-refractivity contribution < 1.29 is 9.90 Å². The number of thiophene rings is 1. The van der Waals surface area contributed by atoms with Crippen LogP contribution < -0.4 is 0 Å². The first-order valence-electron chi connectivity index (χ1n) is 7.31. The molecule has 20 heavy (non-hydrogen) atoms. The van der Waals surface area contributed by atoms with Gasteiger partial charge in [0.25, 0.3) is 0 Å². The molecule has 2 aliphatic heterocycles. The first kappa shape index (κ1) is 14.0. The van der Waals surface area contributed by atoms with Crippen LogP contribution in [-0.2, 0) is 17.8 Å². The first-order chi connectivity index (χ1) is 9.53. The van der Waals surface area contributed by atoms with Crippen molar-refractivity contribution in [3.05, 3.63) is 21.9 Å². The van der Waals surface area contributed by atoms with Gasteiger partial charge in [-0.15, -0.1) is 11.3 Å². The quantitative estimate of drug-likeness (QED) is 0.898. The number of rotatable bonds is 2. The van der Waals surface area contributed by atoms with Gasteiger partial charge in [-0.3, -0.25) is 9.69 Å². The van der Waals surface area contributed by atoms with Crippen molar-refractivity contribution in [3.8, 4) is 0 Å². The molecule has 0 bridgehead atoms. The van der Waals surface area contributed by atoms with Gasteiger partial charge in [0.05, 0.1) is 12.1 Å². The Morgan fingerprint density at radius 2 is 2.35 bits per heavy atom. The number of carbonyl (C=O) groups excluding carboxylic acids is 1. The third-order valence-corrected chi connectivity index (χ3v) is 5.30. The van der Waals surface area contributed by atoms with Gasteiger partial charge in [-0.2, -0.15) is 0 Å². The zero-order valence-electron chi connectivity index (χ0n) is 12.0. The van der Waals surface area contributed by atoms with E-state index >= 15 is 0 Å². The van der Waals surface area contributed by atoms with Crippen molar-refractivity contribution >= 4 is 17.2 Å². The zero-order chi connectivity index (χ0) is 14.2. The predicted molar refractivity (Wildman–Crippen MR) is 79.7 cm³/mol. The molecule has 1 atom stereocenters. The van der Waals surface area contributed by atoms with Crippen LogP contribution in [0.1, 0.15) is 30.2 Å². The molecule has 3 heterocycles. The highest BCUT2D eigenvalue weighted by molar-refractivity contribution is 7.10. The van der Waals surface area contributed by atoms with Crippen LogP contribution in [-0.4, -0.2) is 52.6 Å². The Balaban J connectivity index is 1.57. The molecule has 0 spiro atoms. The third-order valence-electron chi connectivity index (χ3n) is 4.27. The smallest absolute Gasteiger partial charge is 0.237 e. The molecule has 0 aromatic carbocycles. The Labute approximate surface area is 124 Å². The Kier molecular flexibility index (Phi) is 3.84. The molecule has 110 valence electrons. The minimum Gasteiger partial charge on any atom is -0.389 e. The van der Waals surface area contributed by atoms with Crippen LogP contribution in [0, 0.1) is 0 Å². The van der Waals surface area contributed by atoms with E-state index in [4.69, 9.17) is 0 Å². The molecule has 3 rings (SSSR count). The summed E-state index contributed by atoms with van der Waals surface area (Å²) in [6.45, 7) is 5.41. The SMILES string of the molecule is CC1(O)CCCN(CC(=O)N2CCc3sccc3C2)C1. The number of fused-ring (bicyclic) bond motifs is 1. The molecular formula is C15H22N2O2S. The van der Waals surface area contributed by atoms with Crippen LogP contribution in [0.25, 0.3) is 0 Å². The van der Waals surface area contributed by atoms with E-state index in [9.17, 15) is 9.90 Å². The average molecular weight is 294 g/mol. The molecule has 0 aliphatic carbocycles. The third kappa shape index (κ3) is 3.05. The van der Waals surface area contributed by atoms with Gasteiger partial charge in [0.15, 0.2) is 0 Å². The number of carbonyl (C=O) groups is 1. The fourth-order valence-electron chi connectivity index (χ4n) is 3.21. The van der Waals surface area contributed by atoms with Gasteiger partial charge in [0.2, 0.25) is 5.91 Å². The minimum absolute atomic E-state index is 0.194. The van der Waals surface area contributed by atoms with E-state index in [0.717, 1.165) is 38.9 Å². The molecule has 4 nitrogen and oxygen atoms in total. The van der Waals surface area contributed by atoms with Gasteiger partial charge in [-0.25, -0.2) is 0 Å². The van der Waals surface area contributed by atoms with E-state index < -0.39 is 5.60 Å². The van der Waals surface area contributed by atoms with Crippen molar-refractivity contribution in [3.63, 3.8) is 0 Å². The number of nitrogens with zero attached hydrogens (tertiary/aromatic N) is 2. The van der Waals surface area contributed by atoms with Crippen LogP contribution in [0.4, 0.5) is 0 Å². The fourth-order valence-corrected chi connectivity index (χ4v) is 4.10. The van der Waals surface area contributed by atoms with E-state index in [-0.39, 0.29) is 5.91 Å². The second kappa shape index (κ2) is 5.47. The van der Waals surface area contributed by atoms with E-state index in [2.05, 4.69) is 16.3 Å².